The zero-order chi connectivity index (χ0) is 25.4. The molecule has 5 rings (SSSR count). The first-order valence-corrected chi connectivity index (χ1v) is 12.0. The monoisotopic (exact) mass is 526 g/mol. The zero-order valence-corrected chi connectivity index (χ0v) is 20.4. The minimum atomic E-state index is -0.591. The Hall–Kier alpha value is -4.09. The summed E-state index contributed by atoms with van der Waals surface area (Å²) >= 11 is 7.10. The van der Waals surface area contributed by atoms with Crippen molar-refractivity contribution in [1.82, 2.24) is 9.88 Å². The van der Waals surface area contributed by atoms with Gasteiger partial charge in [-0.25, -0.2) is 14.4 Å². The van der Waals surface area contributed by atoms with Crippen LogP contribution in [0.2, 0.25) is 5.02 Å². The van der Waals surface area contributed by atoms with Crippen LogP contribution in [-0.2, 0) is 17.7 Å². The van der Waals surface area contributed by atoms with E-state index in [4.69, 9.17) is 20.8 Å². The van der Waals surface area contributed by atoms with E-state index < -0.39 is 17.8 Å². The molecule has 0 aliphatic carbocycles. The molecule has 0 radical (unpaired) electrons. The molecule has 3 N–H and O–H groups in total. The van der Waals surface area contributed by atoms with Gasteiger partial charge in [0.1, 0.15) is 5.00 Å². The van der Waals surface area contributed by atoms with E-state index in [-0.39, 0.29) is 18.0 Å². The molecule has 36 heavy (non-hydrogen) atoms. The van der Waals surface area contributed by atoms with Gasteiger partial charge in [-0.15, -0.1) is 11.3 Å². The molecule has 2 aromatic heterocycles. The van der Waals surface area contributed by atoms with Crippen molar-refractivity contribution in [3.63, 3.8) is 0 Å². The number of urea groups is 1. The van der Waals surface area contributed by atoms with Gasteiger partial charge in [0.05, 0.1) is 24.7 Å². The molecular formula is C24H19ClN4O6S. The second kappa shape index (κ2) is 9.51. The Balaban J connectivity index is 1.38. The molecule has 0 bridgehead atoms. The van der Waals surface area contributed by atoms with Gasteiger partial charge in [-0.05, 0) is 54.4 Å². The Bertz CT molecular complexity index is 1560. The average Bonchev–Trinajstić information content (AvgIpc) is 3.42. The number of benzene rings is 2. The lowest BCUT2D eigenvalue weighted by atomic mass is 10.0. The van der Waals surface area contributed by atoms with Crippen LogP contribution in [0.1, 0.15) is 31.2 Å². The van der Waals surface area contributed by atoms with Crippen molar-refractivity contribution in [2.45, 2.75) is 13.0 Å². The number of amides is 3. The van der Waals surface area contributed by atoms with Crippen LogP contribution in [0.5, 0.6) is 0 Å². The first kappa shape index (κ1) is 23.6. The fourth-order valence-electron chi connectivity index (χ4n) is 4.04. The fourth-order valence-corrected chi connectivity index (χ4v) is 5.42. The molecular weight excluding hydrogens is 508 g/mol. The number of ether oxygens (including phenoxy) is 1. The lowest BCUT2D eigenvalue weighted by molar-refractivity contribution is 0.0600. The summed E-state index contributed by atoms with van der Waals surface area (Å²) in [5, 5.41) is 6.30. The van der Waals surface area contributed by atoms with Crippen molar-refractivity contribution < 1.29 is 23.5 Å². The number of nitrogens with one attached hydrogen (secondary N) is 3. The van der Waals surface area contributed by atoms with Crippen LogP contribution in [0.25, 0.3) is 11.1 Å². The predicted molar refractivity (Wildman–Crippen MR) is 135 cm³/mol. The number of fused-ring (bicyclic) bond motifs is 2. The maximum atomic E-state index is 13.2. The minimum Gasteiger partial charge on any atom is -0.465 e. The number of esters is 1. The number of hydrogen-bond donors (Lipinski definition) is 3. The Morgan fingerprint density at radius 1 is 1.14 bits per heavy atom. The number of H-pyrrole nitrogens is 1. The second-order valence-corrected chi connectivity index (χ2v) is 9.53. The number of aromatic amines is 1. The lowest BCUT2D eigenvalue weighted by Gasteiger charge is -2.27. The molecule has 3 heterocycles. The molecule has 184 valence electrons. The Labute approximate surface area is 212 Å². The van der Waals surface area contributed by atoms with Gasteiger partial charge in [-0.2, -0.15) is 0 Å². The Morgan fingerprint density at radius 3 is 2.67 bits per heavy atom. The number of thiophene rings is 1. The smallest absolute Gasteiger partial charge is 0.417 e. The molecule has 12 heteroatoms. The highest BCUT2D eigenvalue weighted by Crippen LogP contribution is 2.38. The molecule has 0 saturated heterocycles. The summed E-state index contributed by atoms with van der Waals surface area (Å²) in [6.07, 6.45) is 0.407. The summed E-state index contributed by atoms with van der Waals surface area (Å²) in [4.78, 5) is 54.7. The molecule has 0 unspecified atom stereocenters. The van der Waals surface area contributed by atoms with Crippen molar-refractivity contribution in [3.05, 3.63) is 79.6 Å². The average molecular weight is 527 g/mol. The highest BCUT2D eigenvalue weighted by Gasteiger charge is 2.31. The number of carbonyl (C=O) groups is 3. The summed E-state index contributed by atoms with van der Waals surface area (Å²) < 4.78 is 10.0. The predicted octanol–water partition coefficient (Wildman–Crippen LogP) is 4.47. The summed E-state index contributed by atoms with van der Waals surface area (Å²) in [5.74, 6) is -1.40. The van der Waals surface area contributed by atoms with E-state index in [0.29, 0.717) is 45.3 Å². The molecule has 2 aromatic carbocycles. The van der Waals surface area contributed by atoms with E-state index in [0.717, 1.165) is 10.4 Å². The highest BCUT2D eigenvalue weighted by molar-refractivity contribution is 7.17. The molecule has 0 spiro atoms. The van der Waals surface area contributed by atoms with Crippen molar-refractivity contribution >= 4 is 62.6 Å². The van der Waals surface area contributed by atoms with Crippen molar-refractivity contribution in [2.75, 3.05) is 24.3 Å². The van der Waals surface area contributed by atoms with E-state index in [1.807, 2.05) is 0 Å². The van der Waals surface area contributed by atoms with Crippen LogP contribution in [-0.4, -0.2) is 41.4 Å². The molecule has 3 amide bonds. The van der Waals surface area contributed by atoms with Crippen LogP contribution < -0.4 is 16.4 Å². The maximum absolute atomic E-state index is 13.2. The Kier molecular flexibility index (Phi) is 6.25. The number of carbonyl (C=O) groups excluding carboxylic acids is 3. The van der Waals surface area contributed by atoms with E-state index >= 15 is 0 Å². The van der Waals surface area contributed by atoms with Crippen LogP contribution in [0.3, 0.4) is 0 Å². The third kappa shape index (κ3) is 4.58. The van der Waals surface area contributed by atoms with Crippen LogP contribution >= 0.6 is 22.9 Å². The van der Waals surface area contributed by atoms with E-state index in [1.54, 1.807) is 41.3 Å². The number of aromatic nitrogens is 1. The van der Waals surface area contributed by atoms with Crippen molar-refractivity contribution in [3.8, 4) is 0 Å². The number of anilines is 2. The van der Waals surface area contributed by atoms with E-state index in [2.05, 4.69) is 15.6 Å². The number of halogens is 1. The first-order chi connectivity index (χ1) is 17.3. The lowest BCUT2D eigenvalue weighted by Crippen LogP contribution is -2.35. The van der Waals surface area contributed by atoms with Gasteiger partial charge in [0.2, 0.25) is 0 Å². The van der Waals surface area contributed by atoms with Gasteiger partial charge in [0, 0.05) is 27.7 Å². The van der Waals surface area contributed by atoms with Crippen LogP contribution in [0.15, 0.2) is 51.7 Å². The third-order valence-electron chi connectivity index (χ3n) is 5.73. The third-order valence-corrected chi connectivity index (χ3v) is 7.11. The normalized spacial score (nSPS) is 12.8. The standard InChI is InChI=1S/C24H19ClN4O6S/c1-34-22(31)19-15-8-9-29(21(30)12-2-7-16-17(10-12)35-24(33)27-16)11-18(15)36-20(19)28-23(32)26-14-5-3-13(25)4-6-14/h2-7,10H,8-9,11H2,1H3,(H,27,33)(H2,26,28,32). The SMILES string of the molecule is COC(=O)c1c(NC(=O)Nc2ccc(Cl)cc2)sc2c1CCN(C(=O)c1ccc3[nH]c(=O)oc3c1)C2. The summed E-state index contributed by atoms with van der Waals surface area (Å²) in [5.41, 5.74) is 2.73. The van der Waals surface area contributed by atoms with Crippen LogP contribution in [0, 0.1) is 0 Å². The largest absolute Gasteiger partial charge is 0.465 e. The first-order valence-electron chi connectivity index (χ1n) is 10.8. The summed E-state index contributed by atoms with van der Waals surface area (Å²) in [6, 6.07) is 10.8. The van der Waals surface area contributed by atoms with Crippen molar-refractivity contribution in [1.29, 1.82) is 0 Å². The zero-order valence-electron chi connectivity index (χ0n) is 18.8. The summed E-state index contributed by atoms with van der Waals surface area (Å²) in [6.45, 7) is 0.608. The van der Waals surface area contributed by atoms with Gasteiger partial charge in [-0.1, -0.05) is 11.6 Å². The van der Waals surface area contributed by atoms with Gasteiger partial charge in [0.25, 0.3) is 5.91 Å². The topological polar surface area (TPSA) is 134 Å². The number of methoxy groups -OCH3 is 1. The number of nitrogens with zero attached hydrogens (tertiary/aromatic N) is 1. The number of rotatable bonds is 4. The van der Waals surface area contributed by atoms with Gasteiger partial charge < -0.3 is 19.4 Å². The number of hydrogen-bond acceptors (Lipinski definition) is 7. The van der Waals surface area contributed by atoms with Gasteiger partial charge in [0.15, 0.2) is 5.58 Å². The van der Waals surface area contributed by atoms with E-state index in [9.17, 15) is 19.2 Å². The van der Waals surface area contributed by atoms with Crippen LogP contribution in [0.4, 0.5) is 15.5 Å². The minimum absolute atomic E-state index is 0.241. The summed E-state index contributed by atoms with van der Waals surface area (Å²) in [7, 11) is 1.28. The quantitative estimate of drug-likeness (QED) is 0.336. The molecule has 4 aromatic rings. The van der Waals surface area contributed by atoms with Gasteiger partial charge in [-0.3, -0.25) is 15.1 Å². The second-order valence-electron chi connectivity index (χ2n) is 7.99. The van der Waals surface area contributed by atoms with E-state index in [1.165, 1.54) is 24.5 Å². The molecule has 10 nitrogen and oxygen atoms in total. The molecule has 0 saturated carbocycles. The fraction of sp³-hybridized carbons (Fsp3) is 0.167. The van der Waals surface area contributed by atoms with Gasteiger partial charge >= 0.3 is 17.8 Å². The number of oxazole rings is 1. The maximum Gasteiger partial charge on any atom is 0.417 e. The Morgan fingerprint density at radius 2 is 1.92 bits per heavy atom. The molecule has 0 fully saturated rings. The highest BCUT2D eigenvalue weighted by atomic mass is 35.5. The molecule has 1 aliphatic heterocycles. The molecule has 0 atom stereocenters. The molecule has 1 aliphatic rings. The van der Waals surface area contributed by atoms with Crippen molar-refractivity contribution in [2.24, 2.45) is 0 Å².